The van der Waals surface area contributed by atoms with Crippen molar-refractivity contribution in [2.75, 3.05) is 6.54 Å². The Morgan fingerprint density at radius 2 is 2.00 bits per heavy atom. The van der Waals surface area contributed by atoms with Crippen LogP contribution in [0.3, 0.4) is 0 Å². The summed E-state index contributed by atoms with van der Waals surface area (Å²) in [5.41, 5.74) is 1.01. The minimum absolute atomic E-state index is 0.229. The van der Waals surface area contributed by atoms with E-state index in [9.17, 15) is 14.3 Å². The van der Waals surface area contributed by atoms with Crippen molar-refractivity contribution in [2.45, 2.75) is 32.4 Å². The maximum absolute atomic E-state index is 13.0. The fraction of sp³-hybridized carbons (Fsp3) is 0.389. The minimum Gasteiger partial charge on any atom is -0.481 e. The smallest absolute Gasteiger partial charge is 0.307 e. The molecule has 2 unspecified atom stereocenters. The first-order chi connectivity index (χ1) is 11.0. The number of hydrogen-bond acceptors (Lipinski definition) is 3. The molecule has 1 fully saturated rings. The molecule has 5 heteroatoms. The highest BCUT2D eigenvalue weighted by atomic mass is 32.1. The third kappa shape index (κ3) is 3.79. The van der Waals surface area contributed by atoms with E-state index in [1.807, 2.05) is 0 Å². The summed E-state index contributed by atoms with van der Waals surface area (Å²) in [7, 11) is 0. The lowest BCUT2D eigenvalue weighted by Crippen LogP contribution is -2.43. The number of rotatable bonds is 4. The number of carboxylic acid groups (broad SMARTS) is 1. The van der Waals surface area contributed by atoms with Crippen LogP contribution in [-0.2, 0) is 11.3 Å². The van der Waals surface area contributed by atoms with Crippen LogP contribution in [0.25, 0.3) is 10.4 Å². The topological polar surface area (TPSA) is 40.5 Å². The van der Waals surface area contributed by atoms with E-state index < -0.39 is 5.97 Å². The Bertz CT molecular complexity index is 683. The molecule has 0 aliphatic carbocycles. The molecule has 0 radical (unpaired) electrons. The van der Waals surface area contributed by atoms with Gasteiger partial charge in [-0.05, 0) is 49.6 Å². The molecule has 2 heterocycles. The number of likely N-dealkylation sites (tertiary alicyclic amines) is 1. The molecule has 23 heavy (non-hydrogen) atoms. The van der Waals surface area contributed by atoms with E-state index in [2.05, 4.69) is 24.0 Å². The van der Waals surface area contributed by atoms with E-state index in [0.29, 0.717) is 12.6 Å². The average molecular weight is 333 g/mol. The lowest BCUT2D eigenvalue weighted by molar-refractivity contribution is -0.144. The van der Waals surface area contributed by atoms with Gasteiger partial charge in [0.1, 0.15) is 5.82 Å². The van der Waals surface area contributed by atoms with E-state index in [4.69, 9.17) is 0 Å². The van der Waals surface area contributed by atoms with E-state index in [-0.39, 0.29) is 11.7 Å². The van der Waals surface area contributed by atoms with E-state index in [0.717, 1.165) is 29.8 Å². The zero-order valence-corrected chi connectivity index (χ0v) is 13.9. The molecule has 3 nitrogen and oxygen atoms in total. The Hall–Kier alpha value is -1.72. The zero-order chi connectivity index (χ0) is 16.4. The highest BCUT2D eigenvalue weighted by Crippen LogP contribution is 2.31. The lowest BCUT2D eigenvalue weighted by Gasteiger charge is -2.36. The van der Waals surface area contributed by atoms with Gasteiger partial charge in [-0.3, -0.25) is 9.69 Å². The van der Waals surface area contributed by atoms with Crippen LogP contribution in [0.1, 0.15) is 24.6 Å². The van der Waals surface area contributed by atoms with Gasteiger partial charge >= 0.3 is 5.97 Å². The number of nitrogens with zero attached hydrogens (tertiary/aromatic N) is 1. The molecule has 1 aliphatic rings. The summed E-state index contributed by atoms with van der Waals surface area (Å²) in [5.74, 6) is -1.19. The van der Waals surface area contributed by atoms with Gasteiger partial charge in [-0.25, -0.2) is 4.39 Å². The van der Waals surface area contributed by atoms with Crippen LogP contribution in [0.4, 0.5) is 4.39 Å². The summed E-state index contributed by atoms with van der Waals surface area (Å²) >= 11 is 1.69. The first-order valence-electron chi connectivity index (χ1n) is 7.84. The predicted octanol–water partition coefficient (Wildman–Crippen LogP) is 4.24. The lowest BCUT2D eigenvalue weighted by atomic mass is 9.93. The molecule has 3 rings (SSSR count). The molecule has 1 saturated heterocycles. The number of aliphatic carboxylic acids is 1. The fourth-order valence-corrected chi connectivity index (χ4v) is 4.07. The highest BCUT2D eigenvalue weighted by Gasteiger charge is 2.29. The maximum atomic E-state index is 13.0. The maximum Gasteiger partial charge on any atom is 0.307 e. The van der Waals surface area contributed by atoms with Crippen molar-refractivity contribution in [1.82, 2.24) is 4.90 Å². The molecule has 1 aliphatic heterocycles. The molecule has 1 aromatic carbocycles. The minimum atomic E-state index is -0.694. The quantitative estimate of drug-likeness (QED) is 0.910. The number of carbonyl (C=O) groups is 1. The molecule has 0 amide bonds. The van der Waals surface area contributed by atoms with Crippen LogP contribution >= 0.6 is 11.3 Å². The van der Waals surface area contributed by atoms with E-state index in [1.54, 1.807) is 23.5 Å². The summed E-state index contributed by atoms with van der Waals surface area (Å²) in [5, 5.41) is 9.23. The summed E-state index contributed by atoms with van der Waals surface area (Å²) < 4.78 is 13.0. The molecule has 2 atom stereocenters. The molecular weight excluding hydrogens is 313 g/mol. The number of hydrogen-bond donors (Lipinski definition) is 1. The standard InChI is InChI=1S/C18H20FNO2S/c1-12-2-3-14(18(21)22)10-20(12)11-16-8-9-17(23-16)13-4-6-15(19)7-5-13/h4-9,12,14H,2-3,10-11H2,1H3,(H,21,22). The SMILES string of the molecule is CC1CCC(C(=O)O)CN1Cc1ccc(-c2ccc(F)cc2)s1. The summed E-state index contributed by atoms with van der Waals surface area (Å²) in [6, 6.07) is 11.1. The zero-order valence-electron chi connectivity index (χ0n) is 13.0. The Morgan fingerprint density at radius 1 is 1.26 bits per heavy atom. The van der Waals surface area contributed by atoms with Crippen molar-refractivity contribution in [1.29, 1.82) is 0 Å². The van der Waals surface area contributed by atoms with Crippen LogP contribution in [0.5, 0.6) is 0 Å². The van der Waals surface area contributed by atoms with Crippen LogP contribution < -0.4 is 0 Å². The predicted molar refractivity (Wildman–Crippen MR) is 89.9 cm³/mol. The number of halogens is 1. The average Bonchev–Trinajstić information content (AvgIpc) is 2.98. The Balaban J connectivity index is 1.70. The molecule has 0 spiro atoms. The Morgan fingerprint density at radius 3 is 2.70 bits per heavy atom. The van der Waals surface area contributed by atoms with Crippen LogP contribution in [0.15, 0.2) is 36.4 Å². The molecular formula is C18H20FNO2S. The van der Waals surface area contributed by atoms with Gasteiger partial charge in [0.15, 0.2) is 0 Å². The fourth-order valence-electron chi connectivity index (χ4n) is 3.03. The number of carboxylic acids is 1. The second-order valence-electron chi connectivity index (χ2n) is 6.16. The molecule has 1 N–H and O–H groups in total. The molecule has 0 saturated carbocycles. The molecule has 122 valence electrons. The van der Waals surface area contributed by atoms with Crippen LogP contribution in [-0.4, -0.2) is 28.6 Å². The second-order valence-corrected chi connectivity index (χ2v) is 7.33. The Labute approximate surface area is 139 Å². The molecule has 2 aromatic rings. The highest BCUT2D eigenvalue weighted by molar-refractivity contribution is 7.15. The summed E-state index contributed by atoms with van der Waals surface area (Å²) in [6.45, 7) is 3.55. The first-order valence-corrected chi connectivity index (χ1v) is 8.66. The second kappa shape index (κ2) is 6.81. The van der Waals surface area contributed by atoms with Gasteiger partial charge in [-0.15, -0.1) is 11.3 Å². The van der Waals surface area contributed by atoms with Gasteiger partial charge in [0.2, 0.25) is 0 Å². The first kappa shape index (κ1) is 16.1. The number of piperidine rings is 1. The van der Waals surface area contributed by atoms with Gasteiger partial charge in [0.05, 0.1) is 5.92 Å². The van der Waals surface area contributed by atoms with Crippen molar-refractivity contribution in [3.8, 4) is 10.4 Å². The molecule has 1 aromatic heterocycles. The number of benzene rings is 1. The van der Waals surface area contributed by atoms with Crippen LogP contribution in [0.2, 0.25) is 0 Å². The van der Waals surface area contributed by atoms with Gasteiger partial charge in [0.25, 0.3) is 0 Å². The van der Waals surface area contributed by atoms with Crippen molar-refractivity contribution in [3.05, 3.63) is 47.1 Å². The van der Waals surface area contributed by atoms with Crippen molar-refractivity contribution >= 4 is 17.3 Å². The normalized spacial score (nSPS) is 22.2. The Kier molecular flexibility index (Phi) is 4.78. The summed E-state index contributed by atoms with van der Waals surface area (Å²) in [4.78, 5) is 15.8. The summed E-state index contributed by atoms with van der Waals surface area (Å²) in [6.07, 6.45) is 1.69. The van der Waals surface area contributed by atoms with E-state index in [1.165, 1.54) is 17.0 Å². The van der Waals surface area contributed by atoms with Gasteiger partial charge < -0.3 is 5.11 Å². The van der Waals surface area contributed by atoms with Crippen molar-refractivity contribution in [2.24, 2.45) is 5.92 Å². The van der Waals surface area contributed by atoms with Gasteiger partial charge in [-0.1, -0.05) is 12.1 Å². The van der Waals surface area contributed by atoms with E-state index >= 15 is 0 Å². The largest absolute Gasteiger partial charge is 0.481 e. The molecule has 0 bridgehead atoms. The van der Waals surface area contributed by atoms with Gasteiger partial charge in [0, 0.05) is 28.9 Å². The van der Waals surface area contributed by atoms with Crippen LogP contribution in [0, 0.1) is 11.7 Å². The third-order valence-electron chi connectivity index (χ3n) is 4.51. The monoisotopic (exact) mass is 333 g/mol. The van der Waals surface area contributed by atoms with Crippen molar-refractivity contribution < 1.29 is 14.3 Å². The number of thiophene rings is 1. The third-order valence-corrected chi connectivity index (χ3v) is 5.63. The van der Waals surface area contributed by atoms with Gasteiger partial charge in [-0.2, -0.15) is 0 Å². The van der Waals surface area contributed by atoms with Crippen molar-refractivity contribution in [3.63, 3.8) is 0 Å².